The zero-order valence-corrected chi connectivity index (χ0v) is 15.9. The van der Waals surface area contributed by atoms with Crippen molar-refractivity contribution in [1.82, 2.24) is 19.6 Å². The molecule has 4 rings (SSSR count). The van der Waals surface area contributed by atoms with Crippen LogP contribution in [-0.2, 0) is 0 Å². The summed E-state index contributed by atoms with van der Waals surface area (Å²) in [4.78, 5) is 9.07. The lowest BCUT2D eigenvalue weighted by Gasteiger charge is -2.12. The topological polar surface area (TPSA) is 64.3 Å². The van der Waals surface area contributed by atoms with Crippen molar-refractivity contribution in [2.24, 2.45) is 0 Å². The number of fused-ring (bicyclic) bond motifs is 1. The zero-order chi connectivity index (χ0) is 19.0. The first-order valence-electron chi connectivity index (χ1n) is 8.45. The molecule has 136 valence electrons. The first-order valence-corrected chi connectivity index (χ1v) is 8.83. The van der Waals surface area contributed by atoms with Gasteiger partial charge in [-0.1, -0.05) is 41.4 Å². The highest BCUT2D eigenvalue weighted by Gasteiger charge is 2.13. The number of nitrogens with zero attached hydrogens (tertiary/aromatic N) is 4. The Hall–Kier alpha value is -3.12. The third-order valence-corrected chi connectivity index (χ3v) is 4.41. The summed E-state index contributed by atoms with van der Waals surface area (Å²) in [7, 11) is 1.62. The second kappa shape index (κ2) is 6.89. The molecule has 7 heteroatoms. The Morgan fingerprint density at radius 1 is 1.00 bits per heavy atom. The molecule has 0 aliphatic carbocycles. The number of nitrogens with one attached hydrogen (secondary N) is 1. The van der Waals surface area contributed by atoms with Crippen LogP contribution in [0.5, 0.6) is 5.75 Å². The SMILES string of the molecule is COc1ccc(Cl)cc1Nc1cc(C)nc2nc(-c3ccc(C)cc3)nn12. The molecule has 0 radical (unpaired) electrons. The van der Waals surface area contributed by atoms with Gasteiger partial charge in [0.25, 0.3) is 5.78 Å². The number of aromatic nitrogens is 4. The van der Waals surface area contributed by atoms with E-state index in [4.69, 9.17) is 16.3 Å². The molecule has 0 unspecified atom stereocenters. The van der Waals surface area contributed by atoms with Gasteiger partial charge in [0.15, 0.2) is 5.82 Å². The van der Waals surface area contributed by atoms with Gasteiger partial charge in [-0.3, -0.25) is 0 Å². The van der Waals surface area contributed by atoms with E-state index in [9.17, 15) is 0 Å². The van der Waals surface area contributed by atoms with E-state index in [0.29, 0.717) is 22.4 Å². The Bertz CT molecular complexity index is 1120. The minimum Gasteiger partial charge on any atom is -0.495 e. The van der Waals surface area contributed by atoms with E-state index in [1.807, 2.05) is 50.2 Å². The molecule has 1 N–H and O–H groups in total. The number of halogens is 1. The average Bonchev–Trinajstić information content (AvgIpc) is 3.06. The highest BCUT2D eigenvalue weighted by molar-refractivity contribution is 6.31. The number of aryl methyl sites for hydroxylation is 2. The first kappa shape index (κ1) is 17.3. The fourth-order valence-corrected chi connectivity index (χ4v) is 2.99. The molecule has 27 heavy (non-hydrogen) atoms. The number of benzene rings is 2. The standard InChI is InChI=1S/C20H18ClN5O/c1-12-4-6-14(7-5-12)19-24-20-22-13(2)10-18(26(20)25-19)23-16-11-15(21)8-9-17(16)27-3/h4-11,23H,1-3H3. The average molecular weight is 380 g/mol. The van der Waals surface area contributed by atoms with E-state index < -0.39 is 0 Å². The summed E-state index contributed by atoms with van der Waals surface area (Å²) in [6, 6.07) is 15.4. The number of hydrogen-bond donors (Lipinski definition) is 1. The normalized spacial score (nSPS) is 11.0. The summed E-state index contributed by atoms with van der Waals surface area (Å²) >= 11 is 6.14. The van der Waals surface area contributed by atoms with Gasteiger partial charge in [0.05, 0.1) is 12.8 Å². The van der Waals surface area contributed by atoms with Gasteiger partial charge in [-0.25, -0.2) is 4.98 Å². The quantitative estimate of drug-likeness (QED) is 0.551. The van der Waals surface area contributed by atoms with E-state index in [1.54, 1.807) is 23.8 Å². The van der Waals surface area contributed by atoms with Crippen LogP contribution in [0.2, 0.25) is 5.02 Å². The molecule has 0 saturated heterocycles. The van der Waals surface area contributed by atoms with Crippen LogP contribution in [0.1, 0.15) is 11.3 Å². The predicted molar refractivity (Wildman–Crippen MR) is 107 cm³/mol. The highest BCUT2D eigenvalue weighted by Crippen LogP contribution is 2.31. The molecule has 0 fully saturated rings. The second-order valence-corrected chi connectivity index (χ2v) is 6.70. The van der Waals surface area contributed by atoms with Crippen LogP contribution in [0.4, 0.5) is 11.5 Å². The van der Waals surface area contributed by atoms with Crippen LogP contribution in [0.3, 0.4) is 0 Å². The van der Waals surface area contributed by atoms with Crippen molar-refractivity contribution in [2.45, 2.75) is 13.8 Å². The van der Waals surface area contributed by atoms with Crippen molar-refractivity contribution in [3.8, 4) is 17.1 Å². The van der Waals surface area contributed by atoms with Gasteiger partial charge in [-0.05, 0) is 32.0 Å². The van der Waals surface area contributed by atoms with Crippen LogP contribution < -0.4 is 10.1 Å². The maximum Gasteiger partial charge on any atom is 0.254 e. The molecule has 0 spiro atoms. The molecule has 0 saturated carbocycles. The van der Waals surface area contributed by atoms with Gasteiger partial charge in [0.1, 0.15) is 11.6 Å². The fourth-order valence-electron chi connectivity index (χ4n) is 2.82. The van der Waals surface area contributed by atoms with Gasteiger partial charge >= 0.3 is 0 Å². The number of methoxy groups -OCH3 is 1. The van der Waals surface area contributed by atoms with E-state index in [0.717, 1.165) is 22.8 Å². The van der Waals surface area contributed by atoms with Gasteiger partial charge in [-0.2, -0.15) is 9.50 Å². The van der Waals surface area contributed by atoms with Crippen LogP contribution in [0, 0.1) is 13.8 Å². The minimum atomic E-state index is 0.522. The van der Waals surface area contributed by atoms with E-state index >= 15 is 0 Å². The molecule has 2 heterocycles. The smallest absolute Gasteiger partial charge is 0.254 e. The molecule has 0 aliphatic heterocycles. The third-order valence-electron chi connectivity index (χ3n) is 4.17. The Labute approximate surface area is 161 Å². The predicted octanol–water partition coefficient (Wildman–Crippen LogP) is 4.81. The molecule has 4 aromatic rings. The second-order valence-electron chi connectivity index (χ2n) is 6.27. The summed E-state index contributed by atoms with van der Waals surface area (Å²) in [5.74, 6) is 2.55. The van der Waals surface area contributed by atoms with Crippen LogP contribution in [0.25, 0.3) is 17.2 Å². The van der Waals surface area contributed by atoms with E-state index in [1.165, 1.54) is 5.56 Å². The fraction of sp³-hybridized carbons (Fsp3) is 0.150. The summed E-state index contributed by atoms with van der Waals surface area (Å²) in [6.07, 6.45) is 0. The van der Waals surface area contributed by atoms with Crippen molar-refractivity contribution in [2.75, 3.05) is 12.4 Å². The number of ether oxygens (including phenoxy) is 1. The maximum absolute atomic E-state index is 6.14. The lowest BCUT2D eigenvalue weighted by molar-refractivity contribution is 0.417. The lowest BCUT2D eigenvalue weighted by Crippen LogP contribution is -2.03. The van der Waals surface area contributed by atoms with Crippen molar-refractivity contribution in [1.29, 1.82) is 0 Å². The molecule has 0 bridgehead atoms. The molecular weight excluding hydrogens is 362 g/mol. The number of hydrogen-bond acceptors (Lipinski definition) is 5. The van der Waals surface area contributed by atoms with Gasteiger partial charge in [-0.15, -0.1) is 5.10 Å². The Morgan fingerprint density at radius 3 is 2.52 bits per heavy atom. The summed E-state index contributed by atoms with van der Waals surface area (Å²) < 4.78 is 7.10. The van der Waals surface area contributed by atoms with Gasteiger partial charge in [0.2, 0.25) is 0 Å². The van der Waals surface area contributed by atoms with Gasteiger partial charge in [0, 0.05) is 22.3 Å². The molecule has 0 atom stereocenters. The third kappa shape index (κ3) is 3.44. The van der Waals surface area contributed by atoms with Crippen molar-refractivity contribution >= 4 is 28.9 Å². The zero-order valence-electron chi connectivity index (χ0n) is 15.2. The molecule has 0 aliphatic rings. The highest BCUT2D eigenvalue weighted by atomic mass is 35.5. The molecular formula is C20H18ClN5O. The monoisotopic (exact) mass is 379 g/mol. The van der Waals surface area contributed by atoms with Crippen LogP contribution in [-0.4, -0.2) is 26.7 Å². The molecule has 0 amide bonds. The van der Waals surface area contributed by atoms with Crippen molar-refractivity contribution in [3.63, 3.8) is 0 Å². The van der Waals surface area contributed by atoms with E-state index in [2.05, 4.69) is 20.4 Å². The lowest BCUT2D eigenvalue weighted by atomic mass is 10.1. The van der Waals surface area contributed by atoms with Crippen LogP contribution >= 0.6 is 11.6 Å². The Kier molecular flexibility index (Phi) is 4.41. The maximum atomic E-state index is 6.14. The summed E-state index contributed by atoms with van der Waals surface area (Å²) in [5, 5.41) is 8.58. The first-order chi connectivity index (χ1) is 13.0. The summed E-state index contributed by atoms with van der Waals surface area (Å²) in [5.41, 5.74) is 3.69. The molecule has 2 aromatic carbocycles. The largest absolute Gasteiger partial charge is 0.495 e. The number of anilines is 2. The molecule has 6 nitrogen and oxygen atoms in total. The van der Waals surface area contributed by atoms with Crippen LogP contribution in [0.15, 0.2) is 48.5 Å². The summed E-state index contributed by atoms with van der Waals surface area (Å²) in [6.45, 7) is 3.97. The van der Waals surface area contributed by atoms with Crippen molar-refractivity contribution in [3.05, 3.63) is 64.8 Å². The van der Waals surface area contributed by atoms with E-state index in [-0.39, 0.29) is 0 Å². The molecule has 2 aromatic heterocycles. The number of rotatable bonds is 4. The minimum absolute atomic E-state index is 0.522. The van der Waals surface area contributed by atoms with Crippen molar-refractivity contribution < 1.29 is 4.74 Å². The Morgan fingerprint density at radius 2 is 1.78 bits per heavy atom. The Balaban J connectivity index is 1.81. The van der Waals surface area contributed by atoms with Gasteiger partial charge < -0.3 is 10.1 Å².